The highest BCUT2D eigenvalue weighted by Gasteiger charge is 2.29. The molecule has 0 atom stereocenters. The number of hydrogen-bond donors (Lipinski definition) is 2. The van der Waals surface area contributed by atoms with Crippen molar-refractivity contribution in [2.45, 2.75) is 25.7 Å². The van der Waals surface area contributed by atoms with Crippen LogP contribution in [0.25, 0.3) is 0 Å². The third kappa shape index (κ3) is 3.59. The van der Waals surface area contributed by atoms with Crippen LogP contribution >= 0.6 is 0 Å². The van der Waals surface area contributed by atoms with E-state index >= 15 is 0 Å². The summed E-state index contributed by atoms with van der Waals surface area (Å²) in [5.74, 6) is -1.08. The summed E-state index contributed by atoms with van der Waals surface area (Å²) >= 11 is 0. The second-order valence-electron chi connectivity index (χ2n) is 4.39. The first-order valence-electron chi connectivity index (χ1n) is 5.50. The van der Waals surface area contributed by atoms with Gasteiger partial charge in [0.1, 0.15) is 0 Å². The molecular weight excluding hydrogens is 218 g/mol. The molecule has 1 rings (SSSR count). The molecule has 1 aromatic rings. The molecular formula is C13H17NO3. The van der Waals surface area contributed by atoms with E-state index in [1.807, 2.05) is 44.2 Å². The molecule has 0 aliphatic heterocycles. The van der Waals surface area contributed by atoms with Crippen molar-refractivity contribution in [3.8, 4) is 0 Å². The molecule has 0 bridgehead atoms. The summed E-state index contributed by atoms with van der Waals surface area (Å²) < 4.78 is 0. The molecule has 1 amide bonds. The van der Waals surface area contributed by atoms with Crippen LogP contribution in [0.4, 0.5) is 0 Å². The molecule has 2 N–H and O–H groups in total. The van der Waals surface area contributed by atoms with Crippen molar-refractivity contribution >= 4 is 11.9 Å². The Morgan fingerprint density at radius 2 is 1.82 bits per heavy atom. The van der Waals surface area contributed by atoms with Gasteiger partial charge in [0.25, 0.3) is 0 Å². The average molecular weight is 235 g/mol. The lowest BCUT2D eigenvalue weighted by atomic mass is 9.84. The first-order valence-corrected chi connectivity index (χ1v) is 5.50. The van der Waals surface area contributed by atoms with Crippen molar-refractivity contribution in [3.63, 3.8) is 0 Å². The third-order valence-electron chi connectivity index (χ3n) is 2.69. The van der Waals surface area contributed by atoms with Crippen LogP contribution in [0.15, 0.2) is 30.3 Å². The highest BCUT2D eigenvalue weighted by atomic mass is 16.4. The summed E-state index contributed by atoms with van der Waals surface area (Å²) in [6.07, 6.45) is -0.0589. The van der Waals surface area contributed by atoms with Crippen LogP contribution in [0.1, 0.15) is 25.8 Å². The van der Waals surface area contributed by atoms with Gasteiger partial charge in [0, 0.05) is 6.54 Å². The van der Waals surface area contributed by atoms with Crippen LogP contribution in [0.5, 0.6) is 0 Å². The molecule has 4 nitrogen and oxygen atoms in total. The highest BCUT2D eigenvalue weighted by molar-refractivity contribution is 5.87. The first-order chi connectivity index (χ1) is 7.94. The van der Waals surface area contributed by atoms with E-state index in [0.717, 1.165) is 5.56 Å². The smallest absolute Gasteiger partial charge is 0.305 e. The van der Waals surface area contributed by atoms with Gasteiger partial charge >= 0.3 is 5.97 Å². The fourth-order valence-corrected chi connectivity index (χ4v) is 1.49. The molecule has 0 fully saturated rings. The Balaban J connectivity index is 2.64. The maximum Gasteiger partial charge on any atom is 0.305 e. The number of carbonyl (C=O) groups excluding carboxylic acids is 1. The molecule has 0 spiro atoms. The lowest BCUT2D eigenvalue weighted by Crippen LogP contribution is -2.40. The van der Waals surface area contributed by atoms with Crippen LogP contribution in [0.2, 0.25) is 0 Å². The Labute approximate surface area is 101 Å². The van der Waals surface area contributed by atoms with Crippen LogP contribution in [-0.4, -0.2) is 23.5 Å². The van der Waals surface area contributed by atoms with Gasteiger partial charge in [0.05, 0.1) is 11.8 Å². The van der Waals surface area contributed by atoms with E-state index in [9.17, 15) is 9.59 Å². The van der Waals surface area contributed by atoms with Crippen LogP contribution < -0.4 is 5.32 Å². The average Bonchev–Trinajstić information content (AvgIpc) is 2.29. The van der Waals surface area contributed by atoms with Gasteiger partial charge in [-0.05, 0) is 19.4 Å². The van der Waals surface area contributed by atoms with Crippen molar-refractivity contribution < 1.29 is 14.7 Å². The molecule has 0 unspecified atom stereocenters. The van der Waals surface area contributed by atoms with E-state index in [0.29, 0.717) is 0 Å². The SMILES string of the molecule is CC(C)(C(=O)NCCC(=O)O)c1ccccc1. The molecule has 0 aliphatic carbocycles. The summed E-state index contributed by atoms with van der Waals surface area (Å²) in [6.45, 7) is 3.79. The lowest BCUT2D eigenvalue weighted by molar-refractivity contribution is -0.137. The van der Waals surface area contributed by atoms with Crippen molar-refractivity contribution in [2.24, 2.45) is 0 Å². The van der Waals surface area contributed by atoms with E-state index in [2.05, 4.69) is 5.32 Å². The number of rotatable bonds is 5. The minimum atomic E-state index is -0.914. The van der Waals surface area contributed by atoms with E-state index in [1.54, 1.807) is 0 Å². The van der Waals surface area contributed by atoms with Gasteiger partial charge in [-0.25, -0.2) is 0 Å². The van der Waals surface area contributed by atoms with E-state index < -0.39 is 11.4 Å². The van der Waals surface area contributed by atoms with Crippen molar-refractivity contribution in [3.05, 3.63) is 35.9 Å². The van der Waals surface area contributed by atoms with E-state index in [1.165, 1.54) is 0 Å². The Morgan fingerprint density at radius 3 is 2.35 bits per heavy atom. The van der Waals surface area contributed by atoms with Crippen molar-refractivity contribution in [1.82, 2.24) is 5.32 Å². The van der Waals surface area contributed by atoms with E-state index in [4.69, 9.17) is 5.11 Å². The maximum absolute atomic E-state index is 11.9. The molecule has 1 aromatic carbocycles. The lowest BCUT2D eigenvalue weighted by Gasteiger charge is -2.23. The molecule has 92 valence electrons. The molecule has 0 aromatic heterocycles. The number of hydrogen-bond acceptors (Lipinski definition) is 2. The van der Waals surface area contributed by atoms with E-state index in [-0.39, 0.29) is 18.9 Å². The fraction of sp³-hybridized carbons (Fsp3) is 0.385. The number of nitrogens with one attached hydrogen (secondary N) is 1. The Bertz CT molecular complexity index is 398. The van der Waals surface area contributed by atoms with Crippen molar-refractivity contribution in [2.75, 3.05) is 6.54 Å². The van der Waals surface area contributed by atoms with Crippen LogP contribution in [0, 0.1) is 0 Å². The van der Waals surface area contributed by atoms with Gasteiger partial charge in [0.15, 0.2) is 0 Å². The van der Waals surface area contributed by atoms with Gasteiger partial charge in [-0.2, -0.15) is 0 Å². The molecule has 0 aliphatic rings. The number of benzene rings is 1. The molecule has 0 radical (unpaired) electrons. The quantitative estimate of drug-likeness (QED) is 0.813. The number of carboxylic acids is 1. The Kier molecular flexibility index (Phi) is 4.26. The van der Waals surface area contributed by atoms with Gasteiger partial charge in [-0.1, -0.05) is 30.3 Å². The number of carbonyl (C=O) groups is 2. The summed E-state index contributed by atoms with van der Waals surface area (Å²) in [7, 11) is 0. The Morgan fingerprint density at radius 1 is 1.24 bits per heavy atom. The maximum atomic E-state index is 11.9. The third-order valence-corrected chi connectivity index (χ3v) is 2.69. The second-order valence-corrected chi connectivity index (χ2v) is 4.39. The normalized spacial score (nSPS) is 10.9. The van der Waals surface area contributed by atoms with Crippen LogP contribution in [-0.2, 0) is 15.0 Å². The molecule has 0 saturated heterocycles. The van der Waals surface area contributed by atoms with Gasteiger partial charge in [0.2, 0.25) is 5.91 Å². The molecule has 4 heteroatoms. The minimum absolute atomic E-state index is 0.0589. The number of carboxylic acid groups (broad SMARTS) is 1. The Hall–Kier alpha value is -1.84. The van der Waals surface area contributed by atoms with Gasteiger partial charge in [-0.3, -0.25) is 9.59 Å². The summed E-state index contributed by atoms with van der Waals surface area (Å²) in [5, 5.41) is 11.1. The zero-order chi connectivity index (χ0) is 12.9. The first kappa shape index (κ1) is 13.2. The second kappa shape index (κ2) is 5.48. The zero-order valence-electron chi connectivity index (χ0n) is 10.1. The van der Waals surface area contributed by atoms with Crippen LogP contribution in [0.3, 0.4) is 0 Å². The minimum Gasteiger partial charge on any atom is -0.481 e. The van der Waals surface area contributed by atoms with Gasteiger partial charge in [-0.15, -0.1) is 0 Å². The zero-order valence-corrected chi connectivity index (χ0v) is 10.1. The molecule has 0 heterocycles. The molecule has 0 saturated carbocycles. The monoisotopic (exact) mass is 235 g/mol. The largest absolute Gasteiger partial charge is 0.481 e. The standard InChI is InChI=1S/C13H17NO3/c1-13(2,10-6-4-3-5-7-10)12(17)14-9-8-11(15)16/h3-7H,8-9H2,1-2H3,(H,14,17)(H,15,16). The predicted molar refractivity (Wildman–Crippen MR) is 64.7 cm³/mol. The fourth-order valence-electron chi connectivity index (χ4n) is 1.49. The summed E-state index contributed by atoms with van der Waals surface area (Å²) in [5.41, 5.74) is 0.257. The predicted octanol–water partition coefficient (Wildman–Crippen LogP) is 1.56. The molecule has 17 heavy (non-hydrogen) atoms. The summed E-state index contributed by atoms with van der Waals surface area (Å²) in [6, 6.07) is 9.42. The number of aliphatic carboxylic acids is 1. The van der Waals surface area contributed by atoms with Gasteiger partial charge < -0.3 is 10.4 Å². The highest BCUT2D eigenvalue weighted by Crippen LogP contribution is 2.22. The summed E-state index contributed by atoms with van der Waals surface area (Å²) in [4.78, 5) is 22.3. The van der Waals surface area contributed by atoms with Crippen molar-refractivity contribution in [1.29, 1.82) is 0 Å². The topological polar surface area (TPSA) is 66.4 Å². The number of amides is 1.